The largest absolute Gasteiger partial charge is 0.460 e. The molecule has 13 heteroatoms. The highest BCUT2D eigenvalue weighted by Gasteiger charge is 2.51. The van der Waals surface area contributed by atoms with Crippen molar-refractivity contribution < 1.29 is 57.1 Å². The highest BCUT2D eigenvalue weighted by Crippen LogP contribution is 2.44. The lowest BCUT2D eigenvalue weighted by molar-refractivity contribution is -0.319. The van der Waals surface area contributed by atoms with Gasteiger partial charge in [-0.25, -0.2) is 19.2 Å². The second kappa shape index (κ2) is 23.3. The quantitative estimate of drug-likeness (QED) is 0.0443. The van der Waals surface area contributed by atoms with Crippen LogP contribution < -0.4 is 5.32 Å². The fraction of sp³-hybridized carbons (Fsp3) is 0.236. The standard InChI is InChI=1S/C55H51NO12/c1-2-31-61-53(59)46(56-55(60)66-34-45-43-29-17-15-27-41(43)42-28-16-18-30-44(42)45)35-65-54-50(63-33-38-21-9-4-10-22-38)49(62-32-37-19-7-3-8-20-37)48(68-52(58)40-25-13-6-14-26-40)47(67-54)36-64-51(57)39-23-11-5-12-24-39/h2-30,45-50,54H,1,31-36H2,(H,56,60)/t46-,47+,48-,49-,50+,54-/m0/s1. The van der Waals surface area contributed by atoms with E-state index in [9.17, 15) is 19.2 Å². The van der Waals surface area contributed by atoms with E-state index in [2.05, 4.69) is 11.9 Å². The summed E-state index contributed by atoms with van der Waals surface area (Å²) < 4.78 is 49.7. The van der Waals surface area contributed by atoms with Gasteiger partial charge < -0.3 is 43.2 Å². The maximum atomic E-state index is 13.9. The van der Waals surface area contributed by atoms with Crippen LogP contribution >= 0.6 is 0 Å². The van der Waals surface area contributed by atoms with Crippen LogP contribution in [0.4, 0.5) is 4.79 Å². The molecule has 1 fully saturated rings. The van der Waals surface area contributed by atoms with Crippen molar-refractivity contribution in [1.29, 1.82) is 0 Å². The van der Waals surface area contributed by atoms with Gasteiger partial charge in [0.05, 0.1) is 30.9 Å². The monoisotopic (exact) mass is 917 g/mol. The molecular weight excluding hydrogens is 867 g/mol. The van der Waals surface area contributed by atoms with E-state index < -0.39 is 74.0 Å². The molecule has 2 aliphatic rings. The molecule has 1 heterocycles. The zero-order chi connectivity index (χ0) is 47.1. The van der Waals surface area contributed by atoms with Crippen molar-refractivity contribution in [3.63, 3.8) is 0 Å². The predicted octanol–water partition coefficient (Wildman–Crippen LogP) is 8.62. The van der Waals surface area contributed by atoms with Gasteiger partial charge in [-0.2, -0.15) is 0 Å². The summed E-state index contributed by atoms with van der Waals surface area (Å²) in [5.41, 5.74) is 6.30. The number of esters is 3. The van der Waals surface area contributed by atoms with Crippen molar-refractivity contribution >= 4 is 24.0 Å². The summed E-state index contributed by atoms with van der Waals surface area (Å²) in [5.74, 6) is -2.42. The molecule has 0 bridgehead atoms. The molecule has 0 unspecified atom stereocenters. The maximum absolute atomic E-state index is 13.9. The van der Waals surface area contributed by atoms with Gasteiger partial charge in [-0.15, -0.1) is 0 Å². The summed E-state index contributed by atoms with van der Waals surface area (Å²) in [5, 5.41) is 2.63. The number of hydrogen-bond acceptors (Lipinski definition) is 12. The molecule has 6 atom stereocenters. The summed E-state index contributed by atoms with van der Waals surface area (Å²) >= 11 is 0. The molecule has 68 heavy (non-hydrogen) atoms. The molecular formula is C55H51NO12. The SMILES string of the molecule is C=CCOC(=O)[C@H](CO[C@H]1O[C@H](COC(=O)c2ccccc2)[C@H](OC(=O)c2ccccc2)[C@H](OCc2ccccc2)[C@H]1OCc1ccccc1)NC(=O)OCC1c2ccccc2-c2ccccc21. The number of nitrogens with one attached hydrogen (secondary N) is 1. The summed E-state index contributed by atoms with van der Waals surface area (Å²) in [4.78, 5) is 54.6. The van der Waals surface area contributed by atoms with E-state index in [-0.39, 0.29) is 43.5 Å². The Morgan fingerprint density at radius 3 is 1.65 bits per heavy atom. The Bertz CT molecular complexity index is 2570. The molecule has 0 spiro atoms. The van der Waals surface area contributed by atoms with Crippen molar-refractivity contribution in [2.45, 2.75) is 55.9 Å². The summed E-state index contributed by atoms with van der Waals surface area (Å²) in [6.07, 6.45) is -5.62. The Balaban J connectivity index is 1.08. The molecule has 1 saturated heterocycles. The van der Waals surface area contributed by atoms with E-state index >= 15 is 0 Å². The Kier molecular flexibility index (Phi) is 16.2. The summed E-state index contributed by atoms with van der Waals surface area (Å²) in [6.45, 7) is 2.64. The Labute approximate surface area is 394 Å². The molecule has 1 amide bonds. The second-order valence-corrected chi connectivity index (χ2v) is 16.0. The Hall–Kier alpha value is -7.42. The number of ether oxygens (including phenoxy) is 8. The fourth-order valence-corrected chi connectivity index (χ4v) is 8.15. The smallest absolute Gasteiger partial charge is 0.407 e. The minimum Gasteiger partial charge on any atom is -0.460 e. The topological polar surface area (TPSA) is 154 Å². The van der Waals surface area contributed by atoms with Crippen LogP contribution in [0.2, 0.25) is 0 Å². The third-order valence-corrected chi connectivity index (χ3v) is 11.5. The van der Waals surface area contributed by atoms with E-state index in [1.54, 1.807) is 60.7 Å². The lowest BCUT2D eigenvalue weighted by Gasteiger charge is -2.45. The first-order valence-corrected chi connectivity index (χ1v) is 22.3. The third kappa shape index (κ3) is 11.9. The minimum absolute atomic E-state index is 0.0107. The zero-order valence-corrected chi connectivity index (χ0v) is 37.1. The first kappa shape index (κ1) is 47.1. The van der Waals surface area contributed by atoms with Crippen LogP contribution in [0.5, 0.6) is 0 Å². The van der Waals surface area contributed by atoms with E-state index in [0.717, 1.165) is 33.4 Å². The highest BCUT2D eigenvalue weighted by molar-refractivity contribution is 5.90. The number of carbonyl (C=O) groups excluding carboxylic acids is 4. The number of alkyl carbamates (subject to hydrolysis) is 1. The molecule has 0 radical (unpaired) electrons. The number of fused-ring (bicyclic) bond motifs is 3. The number of amides is 1. The summed E-state index contributed by atoms with van der Waals surface area (Å²) in [6, 6.07) is 50.0. The molecule has 13 nitrogen and oxygen atoms in total. The Morgan fingerprint density at radius 1 is 0.559 bits per heavy atom. The molecule has 1 aliphatic carbocycles. The molecule has 0 aromatic heterocycles. The van der Waals surface area contributed by atoms with Gasteiger partial charge in [0.25, 0.3) is 0 Å². The fourth-order valence-electron chi connectivity index (χ4n) is 8.15. The number of carbonyl (C=O) groups is 4. The van der Waals surface area contributed by atoms with Crippen LogP contribution in [0, 0.1) is 0 Å². The van der Waals surface area contributed by atoms with Crippen molar-refractivity contribution in [2.75, 3.05) is 26.4 Å². The normalized spacial score (nSPS) is 18.8. The molecule has 348 valence electrons. The maximum Gasteiger partial charge on any atom is 0.407 e. The number of rotatable bonds is 20. The van der Waals surface area contributed by atoms with Gasteiger partial charge in [0.1, 0.15) is 38.1 Å². The van der Waals surface area contributed by atoms with Crippen LogP contribution in [0.3, 0.4) is 0 Å². The van der Waals surface area contributed by atoms with Crippen LogP contribution in [0.1, 0.15) is 48.9 Å². The average molecular weight is 918 g/mol. The van der Waals surface area contributed by atoms with E-state index in [1.165, 1.54) is 6.08 Å². The van der Waals surface area contributed by atoms with Crippen molar-refractivity contribution in [2.24, 2.45) is 0 Å². The molecule has 1 N–H and O–H groups in total. The Morgan fingerprint density at radius 2 is 1.07 bits per heavy atom. The van der Waals surface area contributed by atoms with Gasteiger partial charge in [0.2, 0.25) is 0 Å². The van der Waals surface area contributed by atoms with Crippen LogP contribution in [-0.4, -0.2) is 87.2 Å². The lowest BCUT2D eigenvalue weighted by Crippen LogP contribution is -2.62. The van der Waals surface area contributed by atoms with E-state index in [1.807, 2.05) is 109 Å². The second-order valence-electron chi connectivity index (χ2n) is 16.0. The average Bonchev–Trinajstić information content (AvgIpc) is 3.71. The summed E-state index contributed by atoms with van der Waals surface area (Å²) in [7, 11) is 0. The highest BCUT2D eigenvalue weighted by atomic mass is 16.7. The third-order valence-electron chi connectivity index (χ3n) is 11.5. The number of hydrogen-bond donors (Lipinski definition) is 1. The van der Waals surface area contributed by atoms with Gasteiger partial charge >= 0.3 is 24.0 Å². The van der Waals surface area contributed by atoms with Gasteiger partial charge in [-0.05, 0) is 57.6 Å². The lowest BCUT2D eigenvalue weighted by atomic mass is 9.97. The molecule has 0 saturated carbocycles. The zero-order valence-electron chi connectivity index (χ0n) is 37.1. The minimum atomic E-state index is -1.42. The molecule has 6 aromatic rings. The predicted molar refractivity (Wildman–Crippen MR) is 250 cm³/mol. The molecule has 8 rings (SSSR count). The van der Waals surface area contributed by atoms with Crippen LogP contribution in [-0.2, 0) is 55.9 Å². The van der Waals surface area contributed by atoms with E-state index in [4.69, 9.17) is 37.9 Å². The first-order chi connectivity index (χ1) is 33.4. The van der Waals surface area contributed by atoms with Crippen molar-refractivity contribution in [3.05, 3.63) is 216 Å². The van der Waals surface area contributed by atoms with Crippen molar-refractivity contribution in [3.8, 4) is 11.1 Å². The molecule has 6 aromatic carbocycles. The van der Waals surface area contributed by atoms with Gasteiger partial charge in [-0.3, -0.25) is 0 Å². The van der Waals surface area contributed by atoms with E-state index in [0.29, 0.717) is 0 Å². The number of benzene rings is 6. The van der Waals surface area contributed by atoms with Gasteiger partial charge in [0.15, 0.2) is 18.4 Å². The van der Waals surface area contributed by atoms with Gasteiger partial charge in [0, 0.05) is 5.92 Å². The van der Waals surface area contributed by atoms with Crippen LogP contribution in [0.25, 0.3) is 11.1 Å². The van der Waals surface area contributed by atoms with Crippen LogP contribution in [0.15, 0.2) is 183 Å². The molecule has 1 aliphatic heterocycles. The van der Waals surface area contributed by atoms with Gasteiger partial charge in [-0.1, -0.05) is 158 Å². The van der Waals surface area contributed by atoms with Crippen molar-refractivity contribution in [1.82, 2.24) is 5.32 Å². The first-order valence-electron chi connectivity index (χ1n) is 22.3.